The number of hydrogen-bond acceptors (Lipinski definition) is 3. The van der Waals surface area contributed by atoms with Crippen molar-refractivity contribution in [2.75, 3.05) is 0 Å². The van der Waals surface area contributed by atoms with Crippen LogP contribution in [-0.4, -0.2) is 28.9 Å². The lowest BCUT2D eigenvalue weighted by Crippen LogP contribution is -2.46. The molecule has 4 N–H and O–H groups in total. The SMILES string of the molecule is CCCCC1CCC(C(=O)NC(CC(N)=O)C(=O)O)CC1. The smallest absolute Gasteiger partial charge is 0.326 e. The summed E-state index contributed by atoms with van der Waals surface area (Å²) in [5.74, 6) is -1.67. The minimum atomic E-state index is -1.22. The standard InChI is InChI=1S/C15H26N2O4/c1-2-3-4-10-5-7-11(8-6-10)14(19)17-12(15(20)21)9-13(16)18/h10-12H,2-9H2,1H3,(H2,16,18)(H,17,19)(H,20,21). The van der Waals surface area contributed by atoms with Gasteiger partial charge in [-0.25, -0.2) is 4.79 Å². The van der Waals surface area contributed by atoms with E-state index in [-0.39, 0.29) is 18.2 Å². The van der Waals surface area contributed by atoms with Gasteiger partial charge in [0.1, 0.15) is 6.04 Å². The van der Waals surface area contributed by atoms with Gasteiger partial charge in [0, 0.05) is 5.92 Å². The van der Waals surface area contributed by atoms with Gasteiger partial charge in [-0.3, -0.25) is 9.59 Å². The van der Waals surface area contributed by atoms with Crippen molar-refractivity contribution in [3.8, 4) is 0 Å². The number of hydrogen-bond donors (Lipinski definition) is 3. The zero-order valence-electron chi connectivity index (χ0n) is 12.6. The van der Waals surface area contributed by atoms with Gasteiger partial charge in [-0.05, 0) is 31.6 Å². The molecule has 0 heterocycles. The van der Waals surface area contributed by atoms with Crippen molar-refractivity contribution in [2.45, 2.75) is 64.3 Å². The fraction of sp³-hybridized carbons (Fsp3) is 0.800. The number of carboxylic acid groups (broad SMARTS) is 1. The van der Waals surface area contributed by atoms with Crippen LogP contribution in [0.4, 0.5) is 0 Å². The Labute approximate surface area is 125 Å². The zero-order chi connectivity index (χ0) is 15.8. The first kappa shape index (κ1) is 17.5. The van der Waals surface area contributed by atoms with Crippen LogP contribution >= 0.6 is 0 Å². The fourth-order valence-electron chi connectivity index (χ4n) is 2.90. The number of primary amides is 1. The fourth-order valence-corrected chi connectivity index (χ4v) is 2.90. The quantitative estimate of drug-likeness (QED) is 0.629. The predicted molar refractivity (Wildman–Crippen MR) is 78.4 cm³/mol. The molecule has 0 radical (unpaired) electrons. The maximum Gasteiger partial charge on any atom is 0.326 e. The molecule has 0 spiro atoms. The Morgan fingerprint density at radius 3 is 2.33 bits per heavy atom. The van der Waals surface area contributed by atoms with Crippen molar-refractivity contribution in [3.05, 3.63) is 0 Å². The van der Waals surface area contributed by atoms with Gasteiger partial charge in [0.25, 0.3) is 0 Å². The highest BCUT2D eigenvalue weighted by Crippen LogP contribution is 2.32. The van der Waals surface area contributed by atoms with E-state index in [0.717, 1.165) is 25.7 Å². The molecule has 0 aromatic carbocycles. The first-order valence-electron chi connectivity index (χ1n) is 7.75. The summed E-state index contributed by atoms with van der Waals surface area (Å²) >= 11 is 0. The zero-order valence-corrected chi connectivity index (χ0v) is 12.6. The predicted octanol–water partition coefficient (Wildman–Crippen LogP) is 1.43. The van der Waals surface area contributed by atoms with Gasteiger partial charge in [-0.15, -0.1) is 0 Å². The van der Waals surface area contributed by atoms with Crippen LogP contribution in [0.5, 0.6) is 0 Å². The molecule has 21 heavy (non-hydrogen) atoms. The summed E-state index contributed by atoms with van der Waals surface area (Å²) in [6.07, 6.45) is 6.88. The van der Waals surface area contributed by atoms with Crippen LogP contribution in [0.15, 0.2) is 0 Å². The van der Waals surface area contributed by atoms with Crippen LogP contribution < -0.4 is 11.1 Å². The van der Waals surface area contributed by atoms with Crippen LogP contribution in [0.1, 0.15) is 58.3 Å². The van der Waals surface area contributed by atoms with Gasteiger partial charge in [0.15, 0.2) is 0 Å². The molecule has 120 valence electrons. The molecule has 6 nitrogen and oxygen atoms in total. The van der Waals surface area contributed by atoms with Crippen molar-refractivity contribution >= 4 is 17.8 Å². The van der Waals surface area contributed by atoms with E-state index in [9.17, 15) is 14.4 Å². The van der Waals surface area contributed by atoms with E-state index in [2.05, 4.69) is 12.2 Å². The molecular formula is C15H26N2O4. The van der Waals surface area contributed by atoms with E-state index >= 15 is 0 Å². The average Bonchev–Trinajstić information content (AvgIpc) is 2.44. The molecule has 1 atom stereocenters. The summed E-state index contributed by atoms with van der Waals surface area (Å²) in [5, 5.41) is 11.4. The average molecular weight is 298 g/mol. The Hall–Kier alpha value is -1.59. The molecule has 1 rings (SSSR count). The molecule has 0 aromatic rings. The Kier molecular flexibility index (Phi) is 7.19. The third-order valence-corrected chi connectivity index (χ3v) is 4.20. The molecule has 0 saturated heterocycles. The number of carbonyl (C=O) groups excluding carboxylic acids is 2. The van der Waals surface area contributed by atoms with Gasteiger partial charge >= 0.3 is 5.97 Å². The molecule has 1 fully saturated rings. The lowest BCUT2D eigenvalue weighted by atomic mass is 9.79. The van der Waals surface area contributed by atoms with Crippen LogP contribution in [0.3, 0.4) is 0 Å². The lowest BCUT2D eigenvalue weighted by Gasteiger charge is -2.28. The highest BCUT2D eigenvalue weighted by molar-refractivity contribution is 5.88. The monoisotopic (exact) mass is 298 g/mol. The molecular weight excluding hydrogens is 272 g/mol. The minimum Gasteiger partial charge on any atom is -0.480 e. The van der Waals surface area contributed by atoms with Crippen LogP contribution in [0, 0.1) is 11.8 Å². The largest absolute Gasteiger partial charge is 0.480 e. The van der Waals surface area contributed by atoms with E-state index in [1.807, 2.05) is 0 Å². The number of rotatable bonds is 8. The molecule has 1 aliphatic carbocycles. The van der Waals surface area contributed by atoms with E-state index in [1.165, 1.54) is 19.3 Å². The van der Waals surface area contributed by atoms with E-state index in [1.54, 1.807) is 0 Å². The van der Waals surface area contributed by atoms with Crippen LogP contribution in [0.25, 0.3) is 0 Å². The van der Waals surface area contributed by atoms with Gasteiger partial charge in [-0.1, -0.05) is 26.2 Å². The Balaban J connectivity index is 2.42. The number of carbonyl (C=O) groups is 3. The molecule has 0 aliphatic heterocycles. The van der Waals surface area contributed by atoms with Gasteiger partial charge in [0.2, 0.25) is 11.8 Å². The van der Waals surface area contributed by atoms with Crippen molar-refractivity contribution in [2.24, 2.45) is 17.6 Å². The summed E-state index contributed by atoms with van der Waals surface area (Å²) in [4.78, 5) is 33.9. The number of aliphatic carboxylic acids is 1. The third-order valence-electron chi connectivity index (χ3n) is 4.20. The molecule has 2 amide bonds. The summed E-state index contributed by atoms with van der Waals surface area (Å²) in [6.45, 7) is 2.17. The second kappa shape index (κ2) is 8.64. The molecule has 1 unspecified atom stereocenters. The number of unbranched alkanes of at least 4 members (excludes halogenated alkanes) is 1. The second-order valence-corrected chi connectivity index (χ2v) is 5.93. The number of amides is 2. The summed E-state index contributed by atoms with van der Waals surface area (Å²) < 4.78 is 0. The maximum absolute atomic E-state index is 12.1. The van der Waals surface area contributed by atoms with Crippen LogP contribution in [0.2, 0.25) is 0 Å². The molecule has 0 bridgehead atoms. The van der Waals surface area contributed by atoms with Crippen molar-refractivity contribution in [3.63, 3.8) is 0 Å². The highest BCUT2D eigenvalue weighted by Gasteiger charge is 2.29. The summed E-state index contributed by atoms with van der Waals surface area (Å²) in [7, 11) is 0. The first-order valence-corrected chi connectivity index (χ1v) is 7.75. The first-order chi connectivity index (χ1) is 9.93. The Morgan fingerprint density at radius 2 is 1.86 bits per heavy atom. The van der Waals surface area contributed by atoms with Crippen molar-refractivity contribution in [1.29, 1.82) is 0 Å². The number of nitrogens with two attached hydrogens (primary N) is 1. The molecule has 6 heteroatoms. The van der Waals surface area contributed by atoms with E-state index in [4.69, 9.17) is 10.8 Å². The third kappa shape index (κ3) is 6.14. The maximum atomic E-state index is 12.1. The Bertz CT molecular complexity index is 376. The van der Waals surface area contributed by atoms with Crippen molar-refractivity contribution in [1.82, 2.24) is 5.32 Å². The summed E-state index contributed by atoms with van der Waals surface area (Å²) in [5.41, 5.74) is 5.00. The molecule has 1 saturated carbocycles. The van der Waals surface area contributed by atoms with E-state index in [0.29, 0.717) is 5.92 Å². The van der Waals surface area contributed by atoms with Crippen LogP contribution in [-0.2, 0) is 14.4 Å². The van der Waals surface area contributed by atoms with Gasteiger partial charge in [-0.2, -0.15) is 0 Å². The Morgan fingerprint density at radius 1 is 1.24 bits per heavy atom. The van der Waals surface area contributed by atoms with Gasteiger partial charge < -0.3 is 16.2 Å². The highest BCUT2D eigenvalue weighted by atomic mass is 16.4. The molecule has 0 aromatic heterocycles. The minimum absolute atomic E-state index is 0.141. The second-order valence-electron chi connectivity index (χ2n) is 5.93. The summed E-state index contributed by atoms with van der Waals surface area (Å²) in [6, 6.07) is -1.21. The number of nitrogens with one attached hydrogen (secondary N) is 1. The van der Waals surface area contributed by atoms with Crippen molar-refractivity contribution < 1.29 is 19.5 Å². The topological polar surface area (TPSA) is 109 Å². The lowest BCUT2D eigenvalue weighted by molar-refractivity contribution is -0.144. The number of carboxylic acids is 1. The normalized spacial score (nSPS) is 23.3. The molecule has 1 aliphatic rings. The van der Waals surface area contributed by atoms with E-state index < -0.39 is 17.9 Å². The van der Waals surface area contributed by atoms with Gasteiger partial charge in [0.05, 0.1) is 6.42 Å².